The Hall–Kier alpha value is -1.38. The van der Waals surface area contributed by atoms with Crippen LogP contribution in [0.15, 0.2) is 36.4 Å². The van der Waals surface area contributed by atoms with Crippen molar-refractivity contribution < 1.29 is 4.39 Å². The Kier molecular flexibility index (Phi) is 4.79. The minimum Gasteiger partial charge on any atom is -0.313 e. The molecular formula is C17H19ClFN. The molecule has 3 heteroatoms. The number of hydrogen-bond acceptors (Lipinski definition) is 1. The maximum absolute atomic E-state index is 13.9. The normalized spacial score (nSPS) is 12.4. The first-order valence-electron chi connectivity index (χ1n) is 6.69. The molecule has 0 aliphatic rings. The number of halogens is 2. The van der Waals surface area contributed by atoms with Crippen LogP contribution in [0, 0.1) is 19.7 Å². The van der Waals surface area contributed by atoms with E-state index in [2.05, 4.69) is 37.4 Å². The lowest BCUT2D eigenvalue weighted by Gasteiger charge is -2.20. The van der Waals surface area contributed by atoms with Crippen molar-refractivity contribution in [1.29, 1.82) is 0 Å². The SMILES string of the molecule is CNC(Cc1cc(Cl)ccc1F)c1cc(C)ccc1C. The summed E-state index contributed by atoms with van der Waals surface area (Å²) in [7, 11) is 1.90. The highest BCUT2D eigenvalue weighted by Crippen LogP contribution is 2.25. The molecule has 2 rings (SSSR count). The zero-order valence-corrected chi connectivity index (χ0v) is 12.8. The van der Waals surface area contributed by atoms with Crippen molar-refractivity contribution in [2.75, 3.05) is 7.05 Å². The van der Waals surface area contributed by atoms with Crippen LogP contribution in [0.2, 0.25) is 5.02 Å². The first kappa shape index (κ1) is 15.0. The number of likely N-dealkylation sites (N-methyl/N-ethyl adjacent to an activating group) is 1. The lowest BCUT2D eigenvalue weighted by molar-refractivity contribution is 0.552. The summed E-state index contributed by atoms with van der Waals surface area (Å²) < 4.78 is 13.9. The highest BCUT2D eigenvalue weighted by Gasteiger charge is 2.15. The summed E-state index contributed by atoms with van der Waals surface area (Å²) in [5.74, 6) is -0.208. The summed E-state index contributed by atoms with van der Waals surface area (Å²) in [5, 5.41) is 3.84. The average Bonchev–Trinajstić information content (AvgIpc) is 2.42. The van der Waals surface area contributed by atoms with Gasteiger partial charge < -0.3 is 5.32 Å². The summed E-state index contributed by atoms with van der Waals surface area (Å²) in [4.78, 5) is 0. The number of hydrogen-bond donors (Lipinski definition) is 1. The van der Waals surface area contributed by atoms with Crippen LogP contribution in [0.1, 0.15) is 28.3 Å². The molecule has 0 saturated carbocycles. The van der Waals surface area contributed by atoms with Gasteiger partial charge in [-0.1, -0.05) is 35.4 Å². The second kappa shape index (κ2) is 6.38. The maximum atomic E-state index is 13.9. The lowest BCUT2D eigenvalue weighted by Crippen LogP contribution is -2.20. The van der Waals surface area contributed by atoms with Gasteiger partial charge in [0.2, 0.25) is 0 Å². The molecule has 0 bridgehead atoms. The molecule has 2 aromatic rings. The van der Waals surface area contributed by atoms with Crippen molar-refractivity contribution in [3.8, 4) is 0 Å². The van der Waals surface area contributed by atoms with Gasteiger partial charge >= 0.3 is 0 Å². The minimum atomic E-state index is -0.208. The van der Waals surface area contributed by atoms with Crippen molar-refractivity contribution in [3.63, 3.8) is 0 Å². The van der Waals surface area contributed by atoms with E-state index in [9.17, 15) is 4.39 Å². The quantitative estimate of drug-likeness (QED) is 0.868. The third-order valence-electron chi connectivity index (χ3n) is 3.59. The fraction of sp³-hybridized carbons (Fsp3) is 0.294. The van der Waals surface area contributed by atoms with Crippen LogP contribution in [-0.2, 0) is 6.42 Å². The lowest BCUT2D eigenvalue weighted by atomic mass is 9.94. The molecular weight excluding hydrogens is 273 g/mol. The molecule has 2 aromatic carbocycles. The van der Waals surface area contributed by atoms with E-state index < -0.39 is 0 Å². The van der Waals surface area contributed by atoms with Gasteiger partial charge in [-0.25, -0.2) is 4.39 Å². The molecule has 0 radical (unpaired) electrons. The highest BCUT2D eigenvalue weighted by molar-refractivity contribution is 6.30. The van der Waals surface area contributed by atoms with Crippen molar-refractivity contribution in [3.05, 3.63) is 69.5 Å². The van der Waals surface area contributed by atoms with Gasteiger partial charge in [0, 0.05) is 11.1 Å². The summed E-state index contributed by atoms with van der Waals surface area (Å²) in [6.07, 6.45) is 0.577. The van der Waals surface area contributed by atoms with E-state index in [0.29, 0.717) is 17.0 Å². The van der Waals surface area contributed by atoms with Crippen LogP contribution in [0.3, 0.4) is 0 Å². The summed E-state index contributed by atoms with van der Waals surface area (Å²) in [6, 6.07) is 11.1. The van der Waals surface area contributed by atoms with Crippen molar-refractivity contribution >= 4 is 11.6 Å². The molecule has 0 amide bonds. The van der Waals surface area contributed by atoms with E-state index in [1.165, 1.54) is 22.8 Å². The van der Waals surface area contributed by atoms with Gasteiger partial charge in [0.1, 0.15) is 5.82 Å². The zero-order chi connectivity index (χ0) is 14.7. The van der Waals surface area contributed by atoms with Crippen LogP contribution in [-0.4, -0.2) is 7.05 Å². The number of benzene rings is 2. The third kappa shape index (κ3) is 3.38. The number of aryl methyl sites for hydroxylation is 2. The molecule has 1 unspecified atom stereocenters. The van der Waals surface area contributed by atoms with Crippen LogP contribution in [0.25, 0.3) is 0 Å². The van der Waals surface area contributed by atoms with Gasteiger partial charge in [0.15, 0.2) is 0 Å². The van der Waals surface area contributed by atoms with Crippen LogP contribution < -0.4 is 5.32 Å². The van der Waals surface area contributed by atoms with Gasteiger partial charge in [0.05, 0.1) is 0 Å². The van der Waals surface area contributed by atoms with Gasteiger partial charge in [0.25, 0.3) is 0 Å². The van der Waals surface area contributed by atoms with E-state index in [1.807, 2.05) is 7.05 Å². The van der Waals surface area contributed by atoms with Crippen molar-refractivity contribution in [2.24, 2.45) is 0 Å². The van der Waals surface area contributed by atoms with Crippen LogP contribution in [0.4, 0.5) is 4.39 Å². The fourth-order valence-corrected chi connectivity index (χ4v) is 2.62. The topological polar surface area (TPSA) is 12.0 Å². The van der Waals surface area contributed by atoms with Crippen molar-refractivity contribution in [1.82, 2.24) is 5.32 Å². The molecule has 0 aliphatic carbocycles. The molecule has 20 heavy (non-hydrogen) atoms. The smallest absolute Gasteiger partial charge is 0.126 e. The van der Waals surface area contributed by atoms with Gasteiger partial charge in [-0.3, -0.25) is 0 Å². The number of rotatable bonds is 4. The van der Waals surface area contributed by atoms with Crippen molar-refractivity contribution in [2.45, 2.75) is 26.3 Å². The molecule has 1 nitrogen and oxygen atoms in total. The third-order valence-corrected chi connectivity index (χ3v) is 3.83. The second-order valence-electron chi connectivity index (χ2n) is 5.14. The van der Waals surface area contributed by atoms with Gasteiger partial charge in [-0.15, -0.1) is 0 Å². The highest BCUT2D eigenvalue weighted by atomic mass is 35.5. The predicted octanol–water partition coefficient (Wildman–Crippen LogP) is 4.60. The summed E-state index contributed by atoms with van der Waals surface area (Å²) in [5.41, 5.74) is 4.25. The molecule has 1 N–H and O–H groups in total. The second-order valence-corrected chi connectivity index (χ2v) is 5.58. The fourth-order valence-electron chi connectivity index (χ4n) is 2.42. The molecule has 0 aromatic heterocycles. The summed E-state index contributed by atoms with van der Waals surface area (Å²) in [6.45, 7) is 4.14. The Morgan fingerprint density at radius 1 is 1.15 bits per heavy atom. The standard InChI is InChI=1S/C17H19ClFN/c1-11-4-5-12(2)15(8-11)17(20-3)10-13-9-14(18)6-7-16(13)19/h4-9,17,20H,10H2,1-3H3. The number of nitrogens with one attached hydrogen (secondary N) is 1. The van der Waals surface area contributed by atoms with E-state index in [-0.39, 0.29) is 11.9 Å². The Labute approximate surface area is 124 Å². The van der Waals surface area contributed by atoms with Crippen LogP contribution >= 0.6 is 11.6 Å². The monoisotopic (exact) mass is 291 g/mol. The Balaban J connectivity index is 2.33. The van der Waals surface area contributed by atoms with E-state index in [0.717, 1.165) is 0 Å². The average molecular weight is 292 g/mol. The molecule has 0 spiro atoms. The van der Waals surface area contributed by atoms with E-state index in [1.54, 1.807) is 12.1 Å². The molecule has 0 heterocycles. The largest absolute Gasteiger partial charge is 0.313 e. The van der Waals surface area contributed by atoms with Gasteiger partial charge in [-0.2, -0.15) is 0 Å². The molecule has 106 valence electrons. The first-order valence-corrected chi connectivity index (χ1v) is 7.07. The molecule has 1 atom stereocenters. The molecule has 0 fully saturated rings. The first-order chi connectivity index (χ1) is 9.51. The minimum absolute atomic E-state index is 0.0721. The molecule has 0 saturated heterocycles. The van der Waals surface area contributed by atoms with E-state index in [4.69, 9.17) is 11.6 Å². The van der Waals surface area contributed by atoms with Gasteiger partial charge in [-0.05, 0) is 62.2 Å². The summed E-state index contributed by atoms with van der Waals surface area (Å²) >= 11 is 5.96. The molecule has 0 aliphatic heterocycles. The Morgan fingerprint density at radius 3 is 2.60 bits per heavy atom. The predicted molar refractivity (Wildman–Crippen MR) is 82.8 cm³/mol. The Bertz CT molecular complexity index is 610. The van der Waals surface area contributed by atoms with E-state index >= 15 is 0 Å². The Morgan fingerprint density at radius 2 is 1.90 bits per heavy atom. The maximum Gasteiger partial charge on any atom is 0.126 e. The van der Waals surface area contributed by atoms with Crippen LogP contribution in [0.5, 0.6) is 0 Å². The zero-order valence-electron chi connectivity index (χ0n) is 12.0.